The van der Waals surface area contributed by atoms with Crippen LogP contribution >= 0.6 is 0 Å². The van der Waals surface area contributed by atoms with Crippen LogP contribution in [0.4, 0.5) is 4.79 Å². The lowest BCUT2D eigenvalue weighted by Crippen LogP contribution is -2.73. The summed E-state index contributed by atoms with van der Waals surface area (Å²) in [5.41, 5.74) is -2.21. The number of urea groups is 1. The molecule has 0 bridgehead atoms. The first-order chi connectivity index (χ1) is 23.2. The molecule has 7 fully saturated rings. The Morgan fingerprint density at radius 1 is 0.592 bits per heavy atom. The van der Waals surface area contributed by atoms with Crippen molar-refractivity contribution >= 4 is 14.3 Å². The highest BCUT2D eigenvalue weighted by Gasteiger charge is 2.61. The van der Waals surface area contributed by atoms with Crippen LogP contribution in [0, 0.1) is 0 Å². The van der Waals surface area contributed by atoms with Crippen molar-refractivity contribution < 1.29 is 38.6 Å². The van der Waals surface area contributed by atoms with Gasteiger partial charge in [-0.1, -0.05) is 20.8 Å². The van der Waals surface area contributed by atoms with Crippen LogP contribution in [0.1, 0.15) is 97.8 Å². The van der Waals surface area contributed by atoms with Crippen LogP contribution in [0.15, 0.2) is 0 Å². The smallest absolute Gasteiger partial charge is 0.320 e. The number of rotatable bonds is 4. The van der Waals surface area contributed by atoms with E-state index in [0.717, 1.165) is 0 Å². The largest absolute Gasteiger partial charge is 0.410 e. The lowest BCUT2D eigenvalue weighted by molar-refractivity contribution is -0.336. The predicted octanol–water partition coefficient (Wildman–Crippen LogP) is 4.93. The number of hydrogen-bond donors (Lipinski definition) is 0. The van der Waals surface area contributed by atoms with Gasteiger partial charge in [0.25, 0.3) is 0 Å². The maximum absolute atomic E-state index is 15.2. The molecule has 0 atom stereocenters. The molecular weight excluding hydrogens is 645 g/mol. The average Bonchev–Trinajstić information content (AvgIpc) is 3.08. The minimum atomic E-state index is -2.20. The Kier molecular flexibility index (Phi) is 10.1. The van der Waals surface area contributed by atoms with E-state index in [1.54, 1.807) is 0 Å². The van der Waals surface area contributed by atoms with Crippen LogP contribution in [0.25, 0.3) is 0 Å². The van der Waals surface area contributed by atoms with Crippen molar-refractivity contribution in [3.8, 4) is 0 Å². The zero-order valence-corrected chi connectivity index (χ0v) is 31.8. The van der Waals surface area contributed by atoms with Crippen molar-refractivity contribution in [1.29, 1.82) is 0 Å². The fourth-order valence-corrected chi connectivity index (χ4v) is 11.7. The van der Waals surface area contributed by atoms with E-state index < -0.39 is 30.5 Å². The maximum atomic E-state index is 15.2. The fraction of sp³-hybridized carbons (Fsp3) is 0.972. The quantitative estimate of drug-likeness (QED) is 0.378. The summed E-state index contributed by atoms with van der Waals surface area (Å²) in [6.45, 7) is 17.0. The molecular formula is C36H62N4O8Si. The van der Waals surface area contributed by atoms with Crippen LogP contribution < -0.4 is 0 Å². The number of carbonyl (C=O) groups excluding carboxylic acids is 1. The van der Waals surface area contributed by atoms with Crippen LogP contribution in [0.3, 0.4) is 0 Å². The van der Waals surface area contributed by atoms with E-state index in [-0.39, 0.29) is 29.3 Å². The molecule has 13 heteroatoms. The third-order valence-electron chi connectivity index (χ3n) is 14.3. The van der Waals surface area contributed by atoms with Gasteiger partial charge in [0.05, 0.1) is 28.3 Å². The van der Waals surface area contributed by atoms with Gasteiger partial charge in [0.1, 0.15) is 0 Å². The van der Waals surface area contributed by atoms with E-state index in [1.165, 1.54) is 10.1 Å². The Morgan fingerprint density at radius 3 is 1.14 bits per heavy atom. The molecule has 0 saturated carbocycles. The highest BCUT2D eigenvalue weighted by molar-refractivity contribution is 6.74. The lowest BCUT2D eigenvalue weighted by atomic mass is 9.68. The molecule has 2 amide bonds. The van der Waals surface area contributed by atoms with Crippen LogP contribution in [0.5, 0.6) is 0 Å². The summed E-state index contributed by atoms with van der Waals surface area (Å²) >= 11 is 0. The molecule has 7 aliphatic rings. The van der Waals surface area contributed by atoms with Crippen molar-refractivity contribution in [2.45, 2.75) is 156 Å². The predicted molar refractivity (Wildman–Crippen MR) is 183 cm³/mol. The zero-order valence-electron chi connectivity index (χ0n) is 30.8. The van der Waals surface area contributed by atoms with Gasteiger partial charge in [-0.25, -0.2) is 4.79 Å². The van der Waals surface area contributed by atoms with Gasteiger partial charge in [0, 0.05) is 78.0 Å². The molecule has 0 aromatic rings. The monoisotopic (exact) mass is 706 g/mol. The third-order valence-corrected chi connectivity index (χ3v) is 18.9. The number of piperidine rings is 2. The first-order valence-corrected chi connectivity index (χ1v) is 22.2. The van der Waals surface area contributed by atoms with E-state index in [1.807, 2.05) is 0 Å². The molecule has 0 unspecified atom stereocenters. The van der Waals surface area contributed by atoms with Crippen LogP contribution in [0.2, 0.25) is 18.1 Å². The standard InChI is InChI=1S/C36H62N4O8Si/c1-32(2,3)49(4,5)48-30-26-37(28-22-33(6-14-44-15-7-33)39(42)34(23-28)8-16-45-17-9-34)31(41)38(27-30)29-24-35(10-18-46-19-11-35)40(43)36(25-29)12-20-47-21-13-36/h28-30H,6-27H2,1-5H3. The molecule has 12 nitrogen and oxygen atoms in total. The summed E-state index contributed by atoms with van der Waals surface area (Å²) in [5, 5.41) is 31.9. The van der Waals surface area contributed by atoms with Crippen molar-refractivity contribution in [2.75, 3.05) is 65.9 Å². The Labute approximate surface area is 294 Å². The van der Waals surface area contributed by atoms with E-state index in [2.05, 4.69) is 43.7 Å². The Bertz CT molecular complexity index is 1050. The summed E-state index contributed by atoms with van der Waals surface area (Å²) < 4.78 is 30.4. The minimum absolute atomic E-state index is 0.0164. The SMILES string of the molecule is CC(C)(C)[Si](C)(C)OC1CN(C2CC3(CCOCC3)N([O])C3(CCOCC3)C2)C(=O)N(C2CC3(CCOCC3)N([O])C3(CCOCC3)C2)C1. The lowest BCUT2D eigenvalue weighted by Gasteiger charge is -2.62. The summed E-state index contributed by atoms with van der Waals surface area (Å²) in [6.07, 6.45) is 7.91. The molecule has 7 saturated heterocycles. The first kappa shape index (κ1) is 36.5. The van der Waals surface area contributed by atoms with Crippen molar-refractivity contribution in [1.82, 2.24) is 19.9 Å². The van der Waals surface area contributed by atoms with Gasteiger partial charge in [0.15, 0.2) is 8.32 Å². The van der Waals surface area contributed by atoms with E-state index in [9.17, 15) is 10.4 Å². The van der Waals surface area contributed by atoms with Gasteiger partial charge in [-0.05, 0) is 95.2 Å². The van der Waals surface area contributed by atoms with Gasteiger partial charge < -0.3 is 33.2 Å². The second-order valence-electron chi connectivity index (χ2n) is 18.1. The second-order valence-corrected chi connectivity index (χ2v) is 22.9. The van der Waals surface area contributed by atoms with Crippen molar-refractivity contribution in [2.24, 2.45) is 0 Å². The normalized spacial score (nSPS) is 34.3. The number of hydrogen-bond acceptors (Lipinski definition) is 8. The third kappa shape index (κ3) is 6.54. The highest BCUT2D eigenvalue weighted by Crippen LogP contribution is 2.52. The number of nitrogens with zero attached hydrogens (tertiary/aromatic N) is 4. The van der Waals surface area contributed by atoms with Gasteiger partial charge >= 0.3 is 6.03 Å². The molecule has 0 aromatic carbocycles. The van der Waals surface area contributed by atoms with Crippen LogP contribution in [-0.4, -0.2) is 141 Å². The van der Waals surface area contributed by atoms with Gasteiger partial charge in [-0.15, -0.1) is 20.5 Å². The maximum Gasteiger partial charge on any atom is 0.320 e. The zero-order chi connectivity index (χ0) is 34.7. The van der Waals surface area contributed by atoms with Gasteiger partial charge in [-0.2, -0.15) is 0 Å². The van der Waals surface area contributed by atoms with E-state index in [4.69, 9.17) is 23.4 Å². The number of ether oxygens (including phenoxy) is 4. The van der Waals surface area contributed by atoms with Crippen molar-refractivity contribution in [3.05, 3.63) is 0 Å². The number of hydroxylamine groups is 4. The van der Waals surface area contributed by atoms with Crippen LogP contribution in [-0.2, 0) is 33.8 Å². The van der Waals surface area contributed by atoms with Gasteiger partial charge in [-0.3, -0.25) is 0 Å². The molecule has 0 N–H and O–H groups in total. The molecule has 0 aliphatic carbocycles. The van der Waals surface area contributed by atoms with E-state index in [0.29, 0.717) is 143 Å². The summed E-state index contributed by atoms with van der Waals surface area (Å²) in [5.74, 6) is 0. The molecule has 0 aromatic heterocycles. The first-order valence-electron chi connectivity index (χ1n) is 19.3. The number of amides is 2. The summed E-state index contributed by atoms with van der Waals surface area (Å²) in [6, 6.07) is -0.121. The molecule has 7 rings (SSSR count). The minimum Gasteiger partial charge on any atom is -0.410 e. The summed E-state index contributed by atoms with van der Waals surface area (Å²) in [7, 11) is -2.20. The molecule has 7 heterocycles. The molecule has 2 radical (unpaired) electrons. The second kappa shape index (κ2) is 13.5. The highest BCUT2D eigenvalue weighted by atomic mass is 28.4. The Balaban J connectivity index is 1.25. The van der Waals surface area contributed by atoms with Gasteiger partial charge in [0.2, 0.25) is 0 Å². The Hall–Kier alpha value is -0.873. The average molecular weight is 707 g/mol. The Morgan fingerprint density at radius 2 is 0.878 bits per heavy atom. The number of carbonyl (C=O) groups is 1. The van der Waals surface area contributed by atoms with E-state index >= 15 is 4.79 Å². The molecule has 49 heavy (non-hydrogen) atoms. The molecule has 7 aliphatic heterocycles. The fourth-order valence-electron chi connectivity index (χ4n) is 10.4. The molecule has 278 valence electrons. The van der Waals surface area contributed by atoms with Crippen molar-refractivity contribution in [3.63, 3.8) is 0 Å². The molecule has 4 spiro atoms. The summed E-state index contributed by atoms with van der Waals surface area (Å²) in [4.78, 5) is 19.5. The topological polar surface area (TPSA) is 116 Å².